The van der Waals surface area contributed by atoms with Crippen molar-refractivity contribution in [3.05, 3.63) is 36.5 Å². The first-order valence-corrected chi connectivity index (χ1v) is 38.1. The molecule has 0 aromatic carbocycles. The molecule has 0 aliphatic carbocycles. The second-order valence-electron chi connectivity index (χ2n) is 27.3. The Morgan fingerprint density at radius 2 is 0.621 bits per heavy atom. The van der Waals surface area contributed by atoms with Crippen LogP contribution < -0.4 is 5.11 Å². The van der Waals surface area contributed by atoms with E-state index in [1.165, 1.54) is 315 Å². The summed E-state index contributed by atoms with van der Waals surface area (Å²) in [4.78, 5) is 37.5. The zero-order chi connectivity index (χ0) is 63.3. The number of rotatable bonds is 72. The number of carboxylic acids is 1. The third-order valence-electron chi connectivity index (χ3n) is 17.4. The molecule has 512 valence electrons. The first-order chi connectivity index (χ1) is 42.6. The zero-order valence-corrected chi connectivity index (χ0v) is 58.7. The van der Waals surface area contributed by atoms with Crippen molar-refractivity contribution in [3.63, 3.8) is 0 Å². The second kappa shape index (κ2) is 69.4. The lowest BCUT2D eigenvalue weighted by molar-refractivity contribution is -0.870. The van der Waals surface area contributed by atoms with Gasteiger partial charge in [-0.25, -0.2) is 0 Å². The van der Waals surface area contributed by atoms with Crippen molar-refractivity contribution >= 4 is 17.9 Å². The maximum Gasteiger partial charge on any atom is 0.306 e. The van der Waals surface area contributed by atoms with E-state index in [9.17, 15) is 19.5 Å². The van der Waals surface area contributed by atoms with E-state index in [0.717, 1.165) is 44.9 Å². The predicted molar refractivity (Wildman–Crippen MR) is 371 cm³/mol. The first-order valence-electron chi connectivity index (χ1n) is 38.1. The van der Waals surface area contributed by atoms with Crippen LogP contribution >= 0.6 is 0 Å². The molecular formula is C78H147NO8. The first kappa shape index (κ1) is 84.5. The number of allylic oxidation sites excluding steroid dienone is 6. The van der Waals surface area contributed by atoms with Crippen LogP contribution in [0.5, 0.6) is 0 Å². The van der Waals surface area contributed by atoms with Crippen molar-refractivity contribution in [2.45, 2.75) is 399 Å². The molecule has 0 N–H and O–H groups in total. The van der Waals surface area contributed by atoms with Crippen LogP contribution in [0.25, 0.3) is 0 Å². The summed E-state index contributed by atoms with van der Waals surface area (Å²) in [6.07, 6.45) is 85.4. The standard InChI is InChI=1S/C78H147NO8/c1-6-8-10-12-14-16-18-20-22-24-26-28-30-32-33-34-35-36-37-38-39-40-41-42-43-45-47-49-51-53-55-57-59-61-63-65-67-69-76(81)87-74(73-86-78(77(82)83)84-71-70-79(3,4)5)72-85-75(80)68-66-64-62-60-58-56-54-52-50-48-46-44-31-29-27-25-23-21-19-17-15-13-11-9-7-2/h18,20,24-27,74,78H,6-17,19,21-23,28-73H2,1-5H3/b20-18-,26-24-,27-25-. The van der Waals surface area contributed by atoms with Crippen LogP contribution in [0.2, 0.25) is 0 Å². The summed E-state index contributed by atoms with van der Waals surface area (Å²) in [5, 5.41) is 11.8. The van der Waals surface area contributed by atoms with Crippen LogP contribution in [0.15, 0.2) is 36.5 Å². The summed E-state index contributed by atoms with van der Waals surface area (Å²) in [5.41, 5.74) is 0. The summed E-state index contributed by atoms with van der Waals surface area (Å²) in [6.45, 7) is 4.81. The fourth-order valence-corrected chi connectivity index (χ4v) is 11.5. The monoisotopic (exact) mass is 1230 g/mol. The zero-order valence-electron chi connectivity index (χ0n) is 58.7. The smallest absolute Gasteiger partial charge is 0.306 e. The van der Waals surface area contributed by atoms with Gasteiger partial charge in [0.1, 0.15) is 13.2 Å². The summed E-state index contributed by atoms with van der Waals surface area (Å²) in [7, 11) is 5.95. The Morgan fingerprint density at radius 1 is 0.345 bits per heavy atom. The summed E-state index contributed by atoms with van der Waals surface area (Å²) in [5.74, 6) is -2.25. The third kappa shape index (κ3) is 70.8. The van der Waals surface area contributed by atoms with Gasteiger partial charge in [0.25, 0.3) is 0 Å². The average molecular weight is 1230 g/mol. The van der Waals surface area contributed by atoms with E-state index in [4.69, 9.17) is 18.9 Å². The minimum absolute atomic E-state index is 0.151. The largest absolute Gasteiger partial charge is 0.545 e. The molecule has 0 saturated carbocycles. The molecule has 2 atom stereocenters. The number of hydrogen-bond donors (Lipinski definition) is 0. The molecule has 0 aliphatic heterocycles. The average Bonchev–Trinajstić information content (AvgIpc) is 3.57. The molecule has 0 saturated heterocycles. The lowest BCUT2D eigenvalue weighted by atomic mass is 10.0. The van der Waals surface area contributed by atoms with Gasteiger partial charge in [-0.1, -0.05) is 339 Å². The highest BCUT2D eigenvalue weighted by Crippen LogP contribution is 2.19. The number of nitrogens with zero attached hydrogens (tertiary/aromatic N) is 1. The maximum atomic E-state index is 13.0. The van der Waals surface area contributed by atoms with Gasteiger partial charge in [0.2, 0.25) is 0 Å². The number of ether oxygens (including phenoxy) is 4. The van der Waals surface area contributed by atoms with Crippen molar-refractivity contribution in [2.75, 3.05) is 47.5 Å². The number of carboxylic acid groups (broad SMARTS) is 1. The number of carbonyl (C=O) groups excluding carboxylic acids is 3. The Morgan fingerprint density at radius 3 is 0.920 bits per heavy atom. The Hall–Kier alpha value is -2.49. The highest BCUT2D eigenvalue weighted by molar-refractivity contribution is 5.70. The fraction of sp³-hybridized carbons (Fsp3) is 0.885. The van der Waals surface area contributed by atoms with Gasteiger partial charge in [-0.05, 0) is 70.6 Å². The number of quaternary nitrogens is 1. The topological polar surface area (TPSA) is 111 Å². The van der Waals surface area contributed by atoms with Gasteiger partial charge in [-0.3, -0.25) is 9.59 Å². The number of carbonyl (C=O) groups is 3. The molecule has 87 heavy (non-hydrogen) atoms. The van der Waals surface area contributed by atoms with Gasteiger partial charge in [0.15, 0.2) is 12.4 Å². The van der Waals surface area contributed by atoms with Crippen molar-refractivity contribution in [3.8, 4) is 0 Å². The van der Waals surface area contributed by atoms with Crippen LogP contribution in [0.3, 0.4) is 0 Å². The Bertz CT molecular complexity index is 1520. The molecule has 0 heterocycles. The van der Waals surface area contributed by atoms with Crippen LogP contribution in [0, 0.1) is 0 Å². The Balaban J connectivity index is 3.98. The van der Waals surface area contributed by atoms with Crippen molar-refractivity contribution < 1.29 is 42.9 Å². The molecule has 0 bridgehead atoms. The third-order valence-corrected chi connectivity index (χ3v) is 17.4. The van der Waals surface area contributed by atoms with Gasteiger partial charge in [-0.15, -0.1) is 0 Å². The number of aliphatic carboxylic acids is 1. The summed E-state index contributed by atoms with van der Waals surface area (Å²) < 4.78 is 22.9. The van der Waals surface area contributed by atoms with E-state index < -0.39 is 24.3 Å². The van der Waals surface area contributed by atoms with E-state index in [1.54, 1.807) is 0 Å². The van der Waals surface area contributed by atoms with E-state index in [1.807, 2.05) is 21.1 Å². The molecule has 9 nitrogen and oxygen atoms in total. The van der Waals surface area contributed by atoms with E-state index in [-0.39, 0.29) is 32.2 Å². The molecule has 0 aliphatic rings. The molecule has 0 aromatic heterocycles. The van der Waals surface area contributed by atoms with Gasteiger partial charge in [-0.2, -0.15) is 0 Å². The van der Waals surface area contributed by atoms with E-state index in [2.05, 4.69) is 50.3 Å². The van der Waals surface area contributed by atoms with Gasteiger partial charge < -0.3 is 33.3 Å². The summed E-state index contributed by atoms with van der Waals surface area (Å²) >= 11 is 0. The van der Waals surface area contributed by atoms with Gasteiger partial charge in [0, 0.05) is 12.8 Å². The Kier molecular flexibility index (Phi) is 67.4. The minimum Gasteiger partial charge on any atom is -0.545 e. The molecule has 2 unspecified atom stereocenters. The van der Waals surface area contributed by atoms with Gasteiger partial charge >= 0.3 is 11.9 Å². The normalized spacial score (nSPS) is 12.8. The Labute approximate surface area is 540 Å². The van der Waals surface area contributed by atoms with Crippen LogP contribution in [-0.2, 0) is 33.3 Å². The highest BCUT2D eigenvalue weighted by atomic mass is 16.7. The number of unbranched alkanes of at least 4 members (excludes halogenated alkanes) is 51. The van der Waals surface area contributed by atoms with E-state index >= 15 is 0 Å². The quantitative estimate of drug-likeness (QED) is 0.0195. The highest BCUT2D eigenvalue weighted by Gasteiger charge is 2.22. The number of hydrogen-bond acceptors (Lipinski definition) is 8. The lowest BCUT2D eigenvalue weighted by Crippen LogP contribution is -2.44. The van der Waals surface area contributed by atoms with Crippen LogP contribution in [-0.4, -0.2) is 82.3 Å². The maximum absolute atomic E-state index is 13.0. The van der Waals surface area contributed by atoms with Crippen LogP contribution in [0.1, 0.15) is 386 Å². The molecule has 0 radical (unpaired) electrons. The van der Waals surface area contributed by atoms with Crippen molar-refractivity contribution in [1.82, 2.24) is 0 Å². The van der Waals surface area contributed by atoms with Crippen LogP contribution in [0.4, 0.5) is 0 Å². The van der Waals surface area contributed by atoms with Gasteiger partial charge in [0.05, 0.1) is 40.3 Å². The number of likely N-dealkylation sites (N-methyl/N-ethyl adjacent to an activating group) is 1. The van der Waals surface area contributed by atoms with Crippen molar-refractivity contribution in [1.29, 1.82) is 0 Å². The molecule has 0 aromatic rings. The summed E-state index contributed by atoms with van der Waals surface area (Å²) in [6, 6.07) is 0. The van der Waals surface area contributed by atoms with Crippen molar-refractivity contribution in [2.24, 2.45) is 0 Å². The second-order valence-corrected chi connectivity index (χ2v) is 27.3. The molecule has 0 spiro atoms. The molecular weight excluding hydrogens is 1080 g/mol. The molecule has 0 amide bonds. The van der Waals surface area contributed by atoms with E-state index in [0.29, 0.717) is 17.4 Å². The molecule has 0 fully saturated rings. The molecule has 0 rings (SSSR count). The lowest BCUT2D eigenvalue weighted by Gasteiger charge is -2.26. The molecule has 9 heteroatoms. The number of esters is 2. The fourth-order valence-electron chi connectivity index (χ4n) is 11.5. The minimum atomic E-state index is -1.62. The predicted octanol–water partition coefficient (Wildman–Crippen LogP) is 22.6. The SMILES string of the molecule is CCCCCCC/C=C\C/C=C\CCCCCCCCCCCCCCCCCCCCCCCCCCCC(=O)OC(COC(=O)CCCCCCCCCCCCCCC/C=C\CCCCCCCCCC)COC(OCC[N+](C)(C)C)C(=O)[O-].